The van der Waals surface area contributed by atoms with Crippen LogP contribution in [0.2, 0.25) is 0 Å². The zero-order valence-corrected chi connectivity index (χ0v) is 24.5. The second-order valence-electron chi connectivity index (χ2n) is 12.8. The number of rotatable bonds is 8. The first-order valence-corrected chi connectivity index (χ1v) is 16.0. The van der Waals surface area contributed by atoms with Gasteiger partial charge in [-0.05, 0) is 99.0 Å². The molecule has 4 aliphatic rings. The normalized spacial score (nSPS) is 25.1. The average Bonchev–Trinajstić information content (AvgIpc) is 3.75. The number of ether oxygens (including phenoxy) is 2. The van der Waals surface area contributed by atoms with E-state index in [0.29, 0.717) is 29.6 Å². The highest BCUT2D eigenvalue weighted by molar-refractivity contribution is 6.01. The second kappa shape index (κ2) is 11.4. The van der Waals surface area contributed by atoms with Crippen LogP contribution in [0.4, 0.5) is 0 Å². The molecule has 4 aromatic rings. The summed E-state index contributed by atoms with van der Waals surface area (Å²) in [7, 11) is 0. The van der Waals surface area contributed by atoms with Crippen LogP contribution < -0.4 is 10.1 Å². The number of carbonyl (C=O) groups is 1. The Labute approximate surface area is 252 Å². The Kier molecular flexibility index (Phi) is 7.11. The van der Waals surface area contributed by atoms with Crippen molar-refractivity contribution in [1.29, 1.82) is 0 Å². The molecule has 5 heterocycles. The molecule has 0 spiro atoms. The number of pyridine rings is 1. The molecule has 4 fully saturated rings. The first-order valence-electron chi connectivity index (χ1n) is 16.0. The molecule has 222 valence electrons. The number of hydrogen-bond donors (Lipinski definition) is 2. The summed E-state index contributed by atoms with van der Waals surface area (Å²) in [4.78, 5) is 20.9. The van der Waals surface area contributed by atoms with E-state index in [9.17, 15) is 4.79 Å². The van der Waals surface area contributed by atoms with Crippen molar-refractivity contribution in [2.75, 3.05) is 13.2 Å². The molecule has 2 aromatic heterocycles. The molecular weight excluding hydrogens is 538 g/mol. The van der Waals surface area contributed by atoms with Crippen LogP contribution in [0.5, 0.6) is 5.75 Å². The molecule has 2 aromatic carbocycles. The third-order valence-electron chi connectivity index (χ3n) is 10.2. The van der Waals surface area contributed by atoms with Gasteiger partial charge >= 0.3 is 0 Å². The minimum Gasteiger partial charge on any atom is -0.490 e. The largest absolute Gasteiger partial charge is 0.490 e. The maximum atomic E-state index is 13.6. The molecule has 43 heavy (non-hydrogen) atoms. The topological polar surface area (TPSA) is 92.4 Å². The van der Waals surface area contributed by atoms with Crippen LogP contribution >= 0.6 is 0 Å². The minimum absolute atomic E-state index is 0.0785. The number of piperidine rings is 1. The molecule has 8 rings (SSSR count). The van der Waals surface area contributed by atoms with Gasteiger partial charge in [0.25, 0.3) is 5.91 Å². The lowest BCUT2D eigenvalue weighted by molar-refractivity contribution is -0.102. The number of benzene rings is 2. The van der Waals surface area contributed by atoms with Crippen LogP contribution in [0.15, 0.2) is 66.9 Å². The van der Waals surface area contributed by atoms with Gasteiger partial charge in [-0.3, -0.25) is 19.8 Å². The van der Waals surface area contributed by atoms with E-state index in [4.69, 9.17) is 9.47 Å². The van der Waals surface area contributed by atoms with Gasteiger partial charge in [-0.2, -0.15) is 5.10 Å². The highest BCUT2D eigenvalue weighted by Crippen LogP contribution is 2.40. The lowest BCUT2D eigenvalue weighted by Gasteiger charge is -2.46. The van der Waals surface area contributed by atoms with Crippen LogP contribution in [0.1, 0.15) is 73.5 Å². The van der Waals surface area contributed by atoms with Gasteiger partial charge in [0.15, 0.2) is 0 Å². The van der Waals surface area contributed by atoms with Gasteiger partial charge in [0.1, 0.15) is 11.9 Å². The molecule has 2 unspecified atom stereocenters. The Bertz CT molecular complexity index is 1560. The molecule has 3 atom stereocenters. The van der Waals surface area contributed by atoms with Crippen LogP contribution in [-0.4, -0.2) is 63.4 Å². The standard InChI is InChI=1S/C35H39N5O3/c41-35(37-34(22-5-1-2-6-22)32-7-3-4-16-36-32)24-10-15-31-30(17-24)33(39-38-31)23-8-13-28(14-9-23)43-29-18-25-11-12-26(19-29)40(25)27-20-42-21-27/h3-4,7-10,13-17,22,25-27,29,34H,1-2,5-6,11-12,18-21H2,(H,37,41)(H,38,39)/t25?,26?,29?,34-/m0/s1. The average molecular weight is 578 g/mol. The third-order valence-corrected chi connectivity index (χ3v) is 10.2. The molecular formula is C35H39N5O3. The number of nitrogens with one attached hydrogen (secondary N) is 2. The van der Waals surface area contributed by atoms with Crippen molar-refractivity contribution in [2.24, 2.45) is 5.92 Å². The monoisotopic (exact) mass is 577 g/mol. The van der Waals surface area contributed by atoms with Gasteiger partial charge in [-0.1, -0.05) is 18.9 Å². The summed E-state index contributed by atoms with van der Waals surface area (Å²) in [5.74, 6) is 1.24. The molecule has 3 aliphatic heterocycles. The number of fused-ring (bicyclic) bond motifs is 3. The maximum absolute atomic E-state index is 13.6. The SMILES string of the molecule is O=C(N[C@H](c1ccccn1)C1CCCC1)c1ccc2[nH]nc(-c3ccc(OC4CC5CCC(C4)N5C4COC4)cc3)c2c1. The van der Waals surface area contributed by atoms with Crippen molar-refractivity contribution in [3.8, 4) is 17.0 Å². The highest BCUT2D eigenvalue weighted by Gasteiger charge is 2.46. The Hall–Kier alpha value is -3.75. The van der Waals surface area contributed by atoms with E-state index >= 15 is 0 Å². The fraction of sp³-hybridized carbons (Fsp3) is 0.457. The Morgan fingerprint density at radius 1 is 0.953 bits per heavy atom. The Morgan fingerprint density at radius 3 is 2.44 bits per heavy atom. The first kappa shape index (κ1) is 26.8. The number of nitrogens with zero attached hydrogens (tertiary/aromatic N) is 3. The molecule has 2 N–H and O–H groups in total. The third kappa shape index (κ3) is 5.21. The summed E-state index contributed by atoms with van der Waals surface area (Å²) in [6, 6.07) is 21.7. The summed E-state index contributed by atoms with van der Waals surface area (Å²) in [5, 5.41) is 12.0. The predicted octanol–water partition coefficient (Wildman–Crippen LogP) is 6.06. The van der Waals surface area contributed by atoms with E-state index in [1.807, 2.05) is 42.6 Å². The number of amides is 1. The number of carbonyl (C=O) groups excluding carboxylic acids is 1. The van der Waals surface area contributed by atoms with Gasteiger partial charge in [0.05, 0.1) is 42.2 Å². The van der Waals surface area contributed by atoms with Crippen molar-refractivity contribution < 1.29 is 14.3 Å². The molecule has 3 saturated heterocycles. The zero-order valence-electron chi connectivity index (χ0n) is 24.5. The fourth-order valence-corrected chi connectivity index (χ4v) is 8.02. The summed E-state index contributed by atoms with van der Waals surface area (Å²) in [5.41, 5.74) is 4.29. The van der Waals surface area contributed by atoms with E-state index in [1.54, 1.807) is 0 Å². The number of aromatic amines is 1. The summed E-state index contributed by atoms with van der Waals surface area (Å²) >= 11 is 0. The minimum atomic E-state index is -0.0853. The molecule has 0 radical (unpaired) electrons. The number of hydrogen-bond acceptors (Lipinski definition) is 6. The second-order valence-corrected chi connectivity index (χ2v) is 12.8. The van der Waals surface area contributed by atoms with Gasteiger partial charge in [-0.25, -0.2) is 0 Å². The number of aromatic nitrogens is 3. The molecule has 1 saturated carbocycles. The summed E-state index contributed by atoms with van der Waals surface area (Å²) < 4.78 is 12.0. The van der Waals surface area contributed by atoms with Gasteiger partial charge in [0.2, 0.25) is 0 Å². The van der Waals surface area contributed by atoms with E-state index in [1.165, 1.54) is 25.7 Å². The van der Waals surface area contributed by atoms with Gasteiger partial charge < -0.3 is 14.8 Å². The van der Waals surface area contributed by atoms with Crippen LogP contribution in [0.25, 0.3) is 22.2 Å². The lowest BCUT2D eigenvalue weighted by Crippen LogP contribution is -2.57. The van der Waals surface area contributed by atoms with Gasteiger partial charge in [-0.15, -0.1) is 0 Å². The van der Waals surface area contributed by atoms with Crippen molar-refractivity contribution in [2.45, 2.75) is 81.6 Å². The molecule has 8 heteroatoms. The summed E-state index contributed by atoms with van der Waals surface area (Å²) in [6.45, 7) is 1.78. The van der Waals surface area contributed by atoms with Crippen LogP contribution in [0, 0.1) is 5.92 Å². The van der Waals surface area contributed by atoms with Crippen molar-refractivity contribution >= 4 is 16.8 Å². The number of H-pyrrole nitrogens is 1. The molecule has 2 bridgehead atoms. The quantitative estimate of drug-likeness (QED) is 0.265. The van der Waals surface area contributed by atoms with E-state index in [-0.39, 0.29) is 18.1 Å². The van der Waals surface area contributed by atoms with E-state index < -0.39 is 0 Å². The van der Waals surface area contributed by atoms with Gasteiger partial charge in [0, 0.05) is 34.8 Å². The fourth-order valence-electron chi connectivity index (χ4n) is 8.02. The lowest BCUT2D eigenvalue weighted by atomic mass is 9.94. The molecule has 1 aliphatic carbocycles. The zero-order chi connectivity index (χ0) is 28.8. The molecule has 8 nitrogen and oxygen atoms in total. The van der Waals surface area contributed by atoms with E-state index in [0.717, 1.165) is 72.5 Å². The Morgan fingerprint density at radius 2 is 1.74 bits per heavy atom. The molecule has 1 amide bonds. The highest BCUT2D eigenvalue weighted by atomic mass is 16.5. The van der Waals surface area contributed by atoms with Crippen molar-refractivity contribution in [3.63, 3.8) is 0 Å². The maximum Gasteiger partial charge on any atom is 0.251 e. The predicted molar refractivity (Wildman–Crippen MR) is 165 cm³/mol. The van der Waals surface area contributed by atoms with Crippen LogP contribution in [-0.2, 0) is 4.74 Å². The van der Waals surface area contributed by atoms with Crippen molar-refractivity contribution in [3.05, 3.63) is 78.1 Å². The smallest absolute Gasteiger partial charge is 0.251 e. The first-order chi connectivity index (χ1) is 21.2. The Balaban J connectivity index is 0.974. The van der Waals surface area contributed by atoms with E-state index in [2.05, 4.69) is 49.7 Å². The van der Waals surface area contributed by atoms with Crippen LogP contribution in [0.3, 0.4) is 0 Å². The summed E-state index contributed by atoms with van der Waals surface area (Å²) in [6.07, 6.45) is 11.4. The van der Waals surface area contributed by atoms with Crippen molar-refractivity contribution in [1.82, 2.24) is 25.4 Å².